The Morgan fingerprint density at radius 3 is 1.47 bits per heavy atom. The summed E-state index contributed by atoms with van der Waals surface area (Å²) in [6.45, 7) is 0. The maximum absolute atomic E-state index is 13.5. The van der Waals surface area contributed by atoms with Gasteiger partial charge in [0, 0.05) is 51.3 Å². The first-order valence-corrected chi connectivity index (χ1v) is 15.9. The largest absolute Gasteiger partial charge is 0.534 e. The Balaban J connectivity index is 1.48. The Bertz CT molecular complexity index is 2200. The summed E-state index contributed by atoms with van der Waals surface area (Å²) in [6, 6.07) is 45.9. The second kappa shape index (κ2) is 11.9. The number of fused-ring (bicyclic) bond motifs is 3. The van der Waals surface area contributed by atoms with E-state index in [2.05, 4.69) is 4.90 Å². The molecule has 1 heterocycles. The summed E-state index contributed by atoms with van der Waals surface area (Å²) < 4.78 is 76.0. The Hall–Kier alpha value is -5.74. The van der Waals surface area contributed by atoms with Crippen LogP contribution in [0.2, 0.25) is 0 Å². The van der Waals surface area contributed by atoms with Crippen molar-refractivity contribution < 1.29 is 30.2 Å². The highest BCUT2D eigenvalue weighted by Gasteiger charge is 2.48. The summed E-state index contributed by atoms with van der Waals surface area (Å²) in [6.07, 6.45) is 0. The van der Waals surface area contributed by atoms with Gasteiger partial charge in [0.05, 0.1) is 5.69 Å². The molecule has 0 aliphatic carbocycles. The normalized spacial score (nSPS) is 11.9. The molecule has 6 nitrogen and oxygen atoms in total. The van der Waals surface area contributed by atoms with Crippen molar-refractivity contribution >= 4 is 66.2 Å². The number of hydrogen-bond donors (Lipinski definition) is 0. The molecule has 0 saturated carbocycles. The van der Waals surface area contributed by atoms with E-state index in [1.54, 1.807) is 11.0 Å². The molecular weight excluding hydrogens is 625 g/mol. The molecule has 0 bridgehead atoms. The predicted molar refractivity (Wildman–Crippen MR) is 179 cm³/mol. The number of benzene rings is 6. The quantitative estimate of drug-likeness (QED) is 0.120. The van der Waals surface area contributed by atoms with Crippen LogP contribution in [0.25, 0.3) is 21.9 Å². The van der Waals surface area contributed by atoms with Crippen molar-refractivity contribution in [3.05, 3.63) is 152 Å². The monoisotopic (exact) mass is 650 g/mol. The van der Waals surface area contributed by atoms with Crippen molar-refractivity contribution in [1.29, 1.82) is 0 Å². The second-order valence-electron chi connectivity index (χ2n) is 10.6. The first-order chi connectivity index (χ1) is 22.7. The van der Waals surface area contributed by atoms with E-state index in [-0.39, 0.29) is 5.69 Å². The number of halogens is 3. The lowest BCUT2D eigenvalue weighted by Gasteiger charge is -2.26. The molecule has 0 atom stereocenters. The maximum atomic E-state index is 13.5. The van der Waals surface area contributed by atoms with Crippen molar-refractivity contribution in [1.82, 2.24) is 0 Å². The predicted octanol–water partition coefficient (Wildman–Crippen LogP) is 10.8. The molecule has 0 fully saturated rings. The third kappa shape index (κ3) is 5.75. The molecule has 47 heavy (non-hydrogen) atoms. The lowest BCUT2D eigenvalue weighted by molar-refractivity contribution is -0.0500. The third-order valence-corrected chi connectivity index (χ3v) is 8.54. The number of anilines is 6. The topological polar surface area (TPSA) is 63.0 Å². The van der Waals surface area contributed by atoms with Crippen LogP contribution >= 0.6 is 0 Å². The SMILES string of the molecule is O=S(=O)(Oc1cc(N(c2ccccc2)c2ccccc2)c2oc3cc(N(c4ccccc4)c4ccccc4)ccc3c2c1)C(F)(F)F. The highest BCUT2D eigenvalue weighted by Crippen LogP contribution is 2.46. The maximum Gasteiger partial charge on any atom is 0.534 e. The summed E-state index contributed by atoms with van der Waals surface area (Å²) in [7, 11) is -5.96. The van der Waals surface area contributed by atoms with Gasteiger partial charge in [-0.2, -0.15) is 21.6 Å². The lowest BCUT2D eigenvalue weighted by Crippen LogP contribution is -2.28. The van der Waals surface area contributed by atoms with E-state index in [1.165, 1.54) is 12.1 Å². The van der Waals surface area contributed by atoms with Gasteiger partial charge in [0.2, 0.25) is 0 Å². The molecule has 7 rings (SSSR count). The van der Waals surface area contributed by atoms with Crippen LogP contribution in [0.1, 0.15) is 0 Å². The number of rotatable bonds is 8. The van der Waals surface area contributed by atoms with E-state index in [4.69, 9.17) is 8.60 Å². The third-order valence-electron chi connectivity index (χ3n) is 7.56. The van der Waals surface area contributed by atoms with E-state index in [0.717, 1.165) is 17.1 Å². The standard InChI is InChI=1S/C37H25F3N2O4S/c38-37(39,40)47(43,44)46-31-24-33-32-22-21-30(41(26-13-5-1-6-14-26)27-15-7-2-8-16-27)23-35(32)45-36(33)34(25-31)42(28-17-9-3-10-18-28)29-19-11-4-12-20-29/h1-25H. The van der Waals surface area contributed by atoms with Crippen molar-refractivity contribution in [2.75, 3.05) is 9.80 Å². The first kappa shape index (κ1) is 29.9. The number of para-hydroxylation sites is 4. The molecule has 0 radical (unpaired) electrons. The molecule has 0 amide bonds. The van der Waals surface area contributed by atoms with E-state index >= 15 is 0 Å². The summed E-state index contributed by atoms with van der Waals surface area (Å²) in [5.41, 5.74) is -0.661. The number of alkyl halides is 3. The van der Waals surface area contributed by atoms with E-state index in [9.17, 15) is 21.6 Å². The fraction of sp³-hybridized carbons (Fsp3) is 0.0270. The van der Waals surface area contributed by atoms with Crippen LogP contribution in [0.15, 0.2) is 156 Å². The molecule has 0 unspecified atom stereocenters. The van der Waals surface area contributed by atoms with Crippen LogP contribution in [0, 0.1) is 0 Å². The molecule has 0 spiro atoms. The van der Waals surface area contributed by atoms with Crippen LogP contribution in [-0.2, 0) is 10.1 Å². The van der Waals surface area contributed by atoms with Gasteiger partial charge in [-0.05, 0) is 66.7 Å². The zero-order valence-electron chi connectivity index (χ0n) is 24.5. The van der Waals surface area contributed by atoms with Gasteiger partial charge in [-0.15, -0.1) is 0 Å². The van der Waals surface area contributed by atoms with Gasteiger partial charge >= 0.3 is 15.6 Å². The Morgan fingerprint density at radius 2 is 1.00 bits per heavy atom. The fourth-order valence-corrected chi connectivity index (χ4v) is 5.98. The van der Waals surface area contributed by atoms with Gasteiger partial charge < -0.3 is 18.4 Å². The minimum Gasteiger partial charge on any atom is -0.454 e. The molecule has 1 aromatic heterocycles. The molecule has 0 saturated heterocycles. The van der Waals surface area contributed by atoms with Crippen LogP contribution in [-0.4, -0.2) is 13.9 Å². The highest BCUT2D eigenvalue weighted by molar-refractivity contribution is 7.88. The van der Waals surface area contributed by atoms with Crippen LogP contribution in [0.4, 0.5) is 47.3 Å². The minimum atomic E-state index is -5.96. The number of nitrogens with zero attached hydrogens (tertiary/aromatic N) is 2. The van der Waals surface area contributed by atoms with E-state index < -0.39 is 21.4 Å². The van der Waals surface area contributed by atoms with Gasteiger partial charge in [0.15, 0.2) is 5.58 Å². The molecular formula is C37H25F3N2O4S. The smallest absolute Gasteiger partial charge is 0.454 e. The average molecular weight is 651 g/mol. The molecule has 10 heteroatoms. The van der Waals surface area contributed by atoms with Crippen molar-refractivity contribution in [3.63, 3.8) is 0 Å². The van der Waals surface area contributed by atoms with Gasteiger partial charge in [0.25, 0.3) is 0 Å². The average Bonchev–Trinajstić information content (AvgIpc) is 3.44. The molecule has 7 aromatic rings. The van der Waals surface area contributed by atoms with Gasteiger partial charge in [0.1, 0.15) is 11.3 Å². The van der Waals surface area contributed by atoms with Gasteiger partial charge in [-0.1, -0.05) is 72.8 Å². The van der Waals surface area contributed by atoms with Crippen molar-refractivity contribution in [3.8, 4) is 5.75 Å². The highest BCUT2D eigenvalue weighted by atomic mass is 32.2. The molecule has 234 valence electrons. The Kier molecular flexibility index (Phi) is 7.57. The second-order valence-corrected chi connectivity index (χ2v) is 12.1. The zero-order chi connectivity index (χ0) is 32.6. The Morgan fingerprint density at radius 1 is 0.532 bits per heavy atom. The van der Waals surface area contributed by atoms with E-state index in [0.29, 0.717) is 33.3 Å². The zero-order valence-corrected chi connectivity index (χ0v) is 25.3. The van der Waals surface area contributed by atoms with Crippen LogP contribution in [0.5, 0.6) is 5.75 Å². The fourth-order valence-electron chi connectivity index (χ4n) is 5.53. The summed E-state index contributed by atoms with van der Waals surface area (Å²) in [4.78, 5) is 3.83. The first-order valence-electron chi connectivity index (χ1n) is 14.5. The number of furan rings is 1. The Labute approximate surface area is 268 Å². The summed E-state index contributed by atoms with van der Waals surface area (Å²) in [5, 5.41) is 0.932. The summed E-state index contributed by atoms with van der Waals surface area (Å²) in [5.74, 6) is -0.510. The minimum absolute atomic E-state index is 0.285. The van der Waals surface area contributed by atoms with Gasteiger partial charge in [-0.25, -0.2) is 0 Å². The molecule has 6 aromatic carbocycles. The molecule has 0 aliphatic heterocycles. The van der Waals surface area contributed by atoms with Crippen molar-refractivity contribution in [2.24, 2.45) is 0 Å². The lowest BCUT2D eigenvalue weighted by atomic mass is 10.1. The van der Waals surface area contributed by atoms with Crippen LogP contribution < -0.4 is 14.0 Å². The van der Waals surface area contributed by atoms with Gasteiger partial charge in [-0.3, -0.25) is 0 Å². The van der Waals surface area contributed by atoms with E-state index in [1.807, 2.05) is 133 Å². The van der Waals surface area contributed by atoms with Crippen LogP contribution in [0.3, 0.4) is 0 Å². The van der Waals surface area contributed by atoms with Crippen molar-refractivity contribution in [2.45, 2.75) is 5.51 Å². The number of hydrogen-bond acceptors (Lipinski definition) is 6. The molecule has 0 N–H and O–H groups in total. The molecule has 0 aliphatic rings. The summed E-state index contributed by atoms with van der Waals surface area (Å²) >= 11 is 0.